The van der Waals surface area contributed by atoms with Gasteiger partial charge < -0.3 is 25.3 Å². The average molecular weight is 413 g/mol. The molecule has 0 radical (unpaired) electrons. The standard InChI is InChI=1S/C14H27N3O3.HI/c15-14(17-9-13-3-1-7-20-13)16-5-2-6-18-10-12-4-8-19-11-12;/h12-13H,1-11H2,(H3,15,16,17);1H. The summed E-state index contributed by atoms with van der Waals surface area (Å²) in [4.78, 5) is 4.29. The number of hydrogen-bond acceptors (Lipinski definition) is 4. The van der Waals surface area contributed by atoms with Gasteiger partial charge in [0.15, 0.2) is 5.96 Å². The number of hydrogen-bond donors (Lipinski definition) is 2. The van der Waals surface area contributed by atoms with E-state index in [1.807, 2.05) is 0 Å². The van der Waals surface area contributed by atoms with E-state index in [1.165, 1.54) is 0 Å². The molecule has 2 unspecified atom stereocenters. The summed E-state index contributed by atoms with van der Waals surface area (Å²) in [6.45, 7) is 5.61. The molecule has 6 nitrogen and oxygen atoms in total. The Morgan fingerprint density at radius 1 is 1.33 bits per heavy atom. The van der Waals surface area contributed by atoms with E-state index < -0.39 is 0 Å². The average Bonchev–Trinajstić information content (AvgIpc) is 3.13. The minimum atomic E-state index is 0. The first-order valence-corrected chi connectivity index (χ1v) is 7.65. The van der Waals surface area contributed by atoms with Gasteiger partial charge in [0.05, 0.1) is 25.9 Å². The van der Waals surface area contributed by atoms with Crippen LogP contribution in [-0.2, 0) is 14.2 Å². The fourth-order valence-electron chi connectivity index (χ4n) is 2.40. The molecule has 0 saturated carbocycles. The van der Waals surface area contributed by atoms with Gasteiger partial charge in [0.1, 0.15) is 0 Å². The number of halogens is 1. The zero-order valence-electron chi connectivity index (χ0n) is 12.6. The van der Waals surface area contributed by atoms with Gasteiger partial charge >= 0.3 is 0 Å². The van der Waals surface area contributed by atoms with Crippen LogP contribution in [0.15, 0.2) is 4.99 Å². The Morgan fingerprint density at radius 2 is 2.24 bits per heavy atom. The highest BCUT2D eigenvalue weighted by atomic mass is 127. The second kappa shape index (κ2) is 11.4. The molecular weight excluding hydrogens is 385 g/mol. The molecule has 2 fully saturated rings. The lowest BCUT2D eigenvalue weighted by molar-refractivity contribution is 0.0888. The van der Waals surface area contributed by atoms with E-state index in [0.29, 0.717) is 18.4 Å². The molecule has 0 aromatic heterocycles. The molecule has 7 heteroatoms. The maximum absolute atomic E-state index is 5.79. The summed E-state index contributed by atoms with van der Waals surface area (Å²) in [6.07, 6.45) is 4.55. The van der Waals surface area contributed by atoms with Gasteiger partial charge in [-0.1, -0.05) is 0 Å². The van der Waals surface area contributed by atoms with Crippen LogP contribution in [0, 0.1) is 5.92 Å². The van der Waals surface area contributed by atoms with Gasteiger partial charge in [-0.2, -0.15) is 0 Å². The Balaban J connectivity index is 0.00000220. The molecule has 2 atom stereocenters. The molecular formula is C14H28IN3O3. The number of guanidine groups is 1. The van der Waals surface area contributed by atoms with Gasteiger partial charge in [0.25, 0.3) is 0 Å². The van der Waals surface area contributed by atoms with Crippen molar-refractivity contribution >= 4 is 29.9 Å². The summed E-state index contributed by atoms with van der Waals surface area (Å²) in [5.74, 6) is 1.09. The number of aliphatic imine (C=N–C) groups is 1. The van der Waals surface area contributed by atoms with E-state index in [-0.39, 0.29) is 30.1 Å². The summed E-state index contributed by atoms with van der Waals surface area (Å²) in [7, 11) is 0. The first-order chi connectivity index (χ1) is 9.84. The highest BCUT2D eigenvalue weighted by Gasteiger charge is 2.15. The lowest BCUT2D eigenvalue weighted by atomic mass is 10.1. The van der Waals surface area contributed by atoms with Crippen LogP contribution in [0.2, 0.25) is 0 Å². The molecule has 2 aliphatic heterocycles. The van der Waals surface area contributed by atoms with Crippen LogP contribution in [-0.4, -0.2) is 58.2 Å². The van der Waals surface area contributed by atoms with Gasteiger partial charge in [-0.15, -0.1) is 24.0 Å². The highest BCUT2D eigenvalue weighted by Crippen LogP contribution is 2.12. The van der Waals surface area contributed by atoms with E-state index in [0.717, 1.165) is 65.3 Å². The fraction of sp³-hybridized carbons (Fsp3) is 0.929. The molecule has 2 heterocycles. The largest absolute Gasteiger partial charge is 0.381 e. The van der Waals surface area contributed by atoms with Crippen molar-refractivity contribution in [2.45, 2.75) is 31.8 Å². The Morgan fingerprint density at radius 3 is 2.95 bits per heavy atom. The van der Waals surface area contributed by atoms with E-state index >= 15 is 0 Å². The number of rotatable bonds is 8. The summed E-state index contributed by atoms with van der Waals surface area (Å²) in [6, 6.07) is 0. The molecule has 0 aromatic rings. The third kappa shape index (κ3) is 8.18. The van der Waals surface area contributed by atoms with Gasteiger partial charge in [0, 0.05) is 32.3 Å². The van der Waals surface area contributed by atoms with Crippen LogP contribution < -0.4 is 11.1 Å². The maximum Gasteiger partial charge on any atom is 0.188 e. The van der Waals surface area contributed by atoms with Crippen LogP contribution in [0.4, 0.5) is 0 Å². The number of nitrogens with zero attached hydrogens (tertiary/aromatic N) is 1. The van der Waals surface area contributed by atoms with Crippen LogP contribution in [0.1, 0.15) is 25.7 Å². The molecule has 124 valence electrons. The summed E-state index contributed by atoms with van der Waals surface area (Å²) < 4.78 is 16.4. The molecule has 21 heavy (non-hydrogen) atoms. The lowest BCUT2D eigenvalue weighted by Gasteiger charge is -2.10. The molecule has 0 aliphatic carbocycles. The van der Waals surface area contributed by atoms with E-state index in [2.05, 4.69) is 10.3 Å². The quantitative estimate of drug-likeness (QED) is 0.270. The Hall–Kier alpha value is -0.120. The monoisotopic (exact) mass is 413 g/mol. The Labute approximate surface area is 144 Å². The Bertz CT molecular complexity index is 293. The molecule has 2 saturated heterocycles. The smallest absolute Gasteiger partial charge is 0.188 e. The molecule has 0 amide bonds. The van der Waals surface area contributed by atoms with Crippen LogP contribution in [0.25, 0.3) is 0 Å². The van der Waals surface area contributed by atoms with Gasteiger partial charge in [-0.3, -0.25) is 4.99 Å². The fourth-order valence-corrected chi connectivity index (χ4v) is 2.40. The molecule has 2 rings (SSSR count). The van der Waals surface area contributed by atoms with Crippen molar-refractivity contribution in [2.75, 3.05) is 46.1 Å². The SMILES string of the molecule is I.NC(=NCC1CCCO1)NCCCOCC1CCOC1. The van der Waals surface area contributed by atoms with E-state index in [4.69, 9.17) is 19.9 Å². The second-order valence-electron chi connectivity index (χ2n) is 5.45. The third-order valence-corrected chi connectivity index (χ3v) is 3.64. The highest BCUT2D eigenvalue weighted by molar-refractivity contribution is 14.0. The van der Waals surface area contributed by atoms with Crippen molar-refractivity contribution in [1.82, 2.24) is 5.32 Å². The zero-order chi connectivity index (χ0) is 14.0. The van der Waals surface area contributed by atoms with Gasteiger partial charge in [-0.25, -0.2) is 0 Å². The lowest BCUT2D eigenvalue weighted by Crippen LogP contribution is -2.33. The van der Waals surface area contributed by atoms with Gasteiger partial charge in [0.2, 0.25) is 0 Å². The van der Waals surface area contributed by atoms with E-state index in [9.17, 15) is 0 Å². The van der Waals surface area contributed by atoms with Crippen LogP contribution in [0.5, 0.6) is 0 Å². The van der Waals surface area contributed by atoms with Crippen molar-refractivity contribution in [3.8, 4) is 0 Å². The van der Waals surface area contributed by atoms with Crippen LogP contribution in [0.3, 0.4) is 0 Å². The molecule has 0 spiro atoms. The molecule has 0 aromatic carbocycles. The minimum absolute atomic E-state index is 0. The minimum Gasteiger partial charge on any atom is -0.381 e. The maximum atomic E-state index is 5.79. The molecule has 2 aliphatic rings. The van der Waals surface area contributed by atoms with Crippen molar-refractivity contribution in [2.24, 2.45) is 16.6 Å². The first-order valence-electron chi connectivity index (χ1n) is 7.65. The first kappa shape index (κ1) is 18.9. The molecule has 0 bridgehead atoms. The van der Waals surface area contributed by atoms with Crippen LogP contribution >= 0.6 is 24.0 Å². The van der Waals surface area contributed by atoms with Crippen molar-refractivity contribution in [1.29, 1.82) is 0 Å². The van der Waals surface area contributed by atoms with Crippen molar-refractivity contribution in [3.05, 3.63) is 0 Å². The van der Waals surface area contributed by atoms with Crippen molar-refractivity contribution in [3.63, 3.8) is 0 Å². The van der Waals surface area contributed by atoms with Crippen molar-refractivity contribution < 1.29 is 14.2 Å². The van der Waals surface area contributed by atoms with Gasteiger partial charge in [-0.05, 0) is 25.7 Å². The Kier molecular flexibility index (Phi) is 10.3. The third-order valence-electron chi connectivity index (χ3n) is 3.64. The van der Waals surface area contributed by atoms with E-state index in [1.54, 1.807) is 0 Å². The normalized spacial score (nSPS) is 25.8. The topological polar surface area (TPSA) is 78.1 Å². The second-order valence-corrected chi connectivity index (χ2v) is 5.45. The zero-order valence-corrected chi connectivity index (χ0v) is 14.9. The predicted octanol–water partition coefficient (Wildman–Crippen LogP) is 1.13. The number of nitrogens with two attached hydrogens (primary N) is 1. The number of ether oxygens (including phenoxy) is 3. The number of nitrogens with one attached hydrogen (secondary N) is 1. The summed E-state index contributed by atoms with van der Waals surface area (Å²) in [5, 5.41) is 3.10. The summed E-state index contributed by atoms with van der Waals surface area (Å²) >= 11 is 0. The molecule has 3 N–H and O–H groups in total. The summed E-state index contributed by atoms with van der Waals surface area (Å²) in [5.41, 5.74) is 5.79. The predicted molar refractivity (Wildman–Crippen MR) is 93.2 cm³/mol.